The Morgan fingerprint density at radius 2 is 1.42 bits per heavy atom. The molecule has 1 saturated heterocycles. The van der Waals surface area contributed by atoms with Crippen LogP contribution in [-0.2, 0) is 9.47 Å². The molecule has 2 nitrogen and oxygen atoms in total. The molecule has 1 heterocycles. The molecular weight excluding hydrogens is 173 g/mol. The van der Waals surface area contributed by atoms with Crippen molar-refractivity contribution in [3.05, 3.63) is 0 Å². The third kappa shape index (κ3) is 1.43. The predicted molar refractivity (Wildman–Crippen MR) is 35.6 cm³/mol. The Bertz CT molecular complexity index is 168. The Labute approximate surface area is 68.6 Å². The van der Waals surface area contributed by atoms with Crippen LogP contribution in [-0.4, -0.2) is 24.2 Å². The summed E-state index contributed by atoms with van der Waals surface area (Å²) in [6, 6.07) is 0. The molecule has 0 N–H and O–H groups in total. The van der Waals surface area contributed by atoms with E-state index in [0.717, 1.165) is 6.92 Å². The maximum Gasteiger partial charge on any atom is 0.442 e. The van der Waals surface area contributed by atoms with Crippen molar-refractivity contribution < 1.29 is 22.6 Å². The number of alkyl halides is 3. The van der Waals surface area contributed by atoms with E-state index >= 15 is 0 Å². The van der Waals surface area contributed by atoms with Gasteiger partial charge in [0.25, 0.3) is 5.79 Å². The molecular formula is C7H11F3O2. The van der Waals surface area contributed by atoms with Crippen molar-refractivity contribution in [2.24, 2.45) is 0 Å². The van der Waals surface area contributed by atoms with E-state index in [1.54, 1.807) is 13.8 Å². The van der Waals surface area contributed by atoms with Gasteiger partial charge in [0, 0.05) is 0 Å². The molecule has 2 unspecified atom stereocenters. The van der Waals surface area contributed by atoms with Crippen LogP contribution in [0.5, 0.6) is 0 Å². The molecule has 1 fully saturated rings. The first-order valence-corrected chi connectivity index (χ1v) is 3.68. The second-order valence-corrected chi connectivity index (χ2v) is 3.09. The van der Waals surface area contributed by atoms with Crippen LogP contribution in [0.3, 0.4) is 0 Å². The second kappa shape index (κ2) is 2.60. The fourth-order valence-corrected chi connectivity index (χ4v) is 1.06. The van der Waals surface area contributed by atoms with Gasteiger partial charge in [0.05, 0.1) is 12.2 Å². The third-order valence-corrected chi connectivity index (χ3v) is 2.00. The zero-order valence-electron chi connectivity index (χ0n) is 7.11. The number of ether oxygens (including phenoxy) is 2. The lowest BCUT2D eigenvalue weighted by atomic mass is 10.3. The average Bonchev–Trinajstić information content (AvgIpc) is 2.06. The van der Waals surface area contributed by atoms with Gasteiger partial charge in [-0.05, 0) is 20.8 Å². The van der Waals surface area contributed by atoms with Crippen molar-refractivity contribution in [3.8, 4) is 0 Å². The van der Waals surface area contributed by atoms with Gasteiger partial charge < -0.3 is 9.47 Å². The molecule has 12 heavy (non-hydrogen) atoms. The van der Waals surface area contributed by atoms with Crippen molar-refractivity contribution in [1.82, 2.24) is 0 Å². The molecule has 2 atom stereocenters. The molecule has 72 valence electrons. The van der Waals surface area contributed by atoms with Gasteiger partial charge in [0.2, 0.25) is 0 Å². The summed E-state index contributed by atoms with van der Waals surface area (Å²) >= 11 is 0. The fourth-order valence-electron chi connectivity index (χ4n) is 1.06. The standard InChI is InChI=1S/C7H11F3O2/c1-4-5(2)12-6(3,11-4)7(8,9)10/h4-5H,1-3H3. The lowest BCUT2D eigenvalue weighted by Gasteiger charge is -2.25. The van der Waals surface area contributed by atoms with Crippen molar-refractivity contribution in [3.63, 3.8) is 0 Å². The van der Waals surface area contributed by atoms with Crippen LogP contribution in [0, 0.1) is 0 Å². The maximum absolute atomic E-state index is 12.2. The van der Waals surface area contributed by atoms with Crippen LogP contribution in [0.25, 0.3) is 0 Å². The van der Waals surface area contributed by atoms with Gasteiger partial charge in [-0.15, -0.1) is 0 Å². The Kier molecular flexibility index (Phi) is 2.12. The van der Waals surface area contributed by atoms with Crippen LogP contribution in [0.4, 0.5) is 13.2 Å². The normalized spacial score (nSPS) is 43.5. The summed E-state index contributed by atoms with van der Waals surface area (Å²) in [5.41, 5.74) is 0. The highest BCUT2D eigenvalue weighted by molar-refractivity contribution is 4.83. The molecule has 0 aliphatic carbocycles. The number of hydrogen-bond donors (Lipinski definition) is 0. The van der Waals surface area contributed by atoms with Gasteiger partial charge in [-0.2, -0.15) is 13.2 Å². The molecule has 0 aromatic carbocycles. The third-order valence-electron chi connectivity index (χ3n) is 2.00. The summed E-state index contributed by atoms with van der Waals surface area (Å²) in [6.07, 6.45) is -5.50. The number of hydrogen-bond acceptors (Lipinski definition) is 2. The van der Waals surface area contributed by atoms with Crippen molar-refractivity contribution >= 4 is 0 Å². The van der Waals surface area contributed by atoms with E-state index in [2.05, 4.69) is 9.47 Å². The Balaban J connectivity index is 2.77. The largest absolute Gasteiger partial charge is 0.442 e. The molecule has 1 aliphatic rings. The smallest absolute Gasteiger partial charge is 0.337 e. The van der Waals surface area contributed by atoms with E-state index in [9.17, 15) is 13.2 Å². The molecule has 0 bridgehead atoms. The molecule has 0 aromatic heterocycles. The summed E-state index contributed by atoms with van der Waals surface area (Å²) in [5.74, 6) is -2.42. The second-order valence-electron chi connectivity index (χ2n) is 3.09. The monoisotopic (exact) mass is 184 g/mol. The molecule has 0 radical (unpaired) electrons. The van der Waals surface area contributed by atoms with Crippen molar-refractivity contribution in [1.29, 1.82) is 0 Å². The van der Waals surface area contributed by atoms with Gasteiger partial charge in [-0.3, -0.25) is 0 Å². The molecule has 5 heteroatoms. The van der Waals surface area contributed by atoms with Gasteiger partial charge in [-0.25, -0.2) is 0 Å². The minimum absolute atomic E-state index is 0.517. The molecule has 1 aliphatic heterocycles. The van der Waals surface area contributed by atoms with Gasteiger partial charge in [-0.1, -0.05) is 0 Å². The first kappa shape index (κ1) is 9.80. The highest BCUT2D eigenvalue weighted by atomic mass is 19.4. The van der Waals surface area contributed by atoms with Crippen molar-refractivity contribution in [2.45, 2.75) is 44.9 Å². The molecule has 0 spiro atoms. The van der Waals surface area contributed by atoms with Crippen molar-refractivity contribution in [2.75, 3.05) is 0 Å². The number of rotatable bonds is 0. The summed E-state index contributed by atoms with van der Waals surface area (Å²) < 4.78 is 46.1. The summed E-state index contributed by atoms with van der Waals surface area (Å²) in [4.78, 5) is 0. The SMILES string of the molecule is CC1OC(C)(C(F)(F)F)OC1C. The highest BCUT2D eigenvalue weighted by Gasteiger charge is 2.59. The molecule has 0 saturated carbocycles. The van der Waals surface area contributed by atoms with Crippen LogP contribution < -0.4 is 0 Å². The number of halogens is 3. The van der Waals surface area contributed by atoms with Crippen LogP contribution in [0.1, 0.15) is 20.8 Å². The minimum atomic E-state index is -4.47. The predicted octanol–water partition coefficient (Wildman–Crippen LogP) is 2.09. The average molecular weight is 184 g/mol. The Hall–Kier alpha value is -0.290. The molecule has 0 aromatic rings. The Morgan fingerprint density at radius 3 is 1.58 bits per heavy atom. The van der Waals surface area contributed by atoms with E-state index in [1.165, 1.54) is 0 Å². The van der Waals surface area contributed by atoms with E-state index in [4.69, 9.17) is 0 Å². The minimum Gasteiger partial charge on any atom is -0.337 e. The van der Waals surface area contributed by atoms with Gasteiger partial charge in [0.1, 0.15) is 0 Å². The van der Waals surface area contributed by atoms with E-state index in [-0.39, 0.29) is 0 Å². The van der Waals surface area contributed by atoms with E-state index in [0.29, 0.717) is 0 Å². The molecule has 1 rings (SSSR count). The topological polar surface area (TPSA) is 18.5 Å². The van der Waals surface area contributed by atoms with Crippen LogP contribution in [0.2, 0.25) is 0 Å². The van der Waals surface area contributed by atoms with Crippen LogP contribution >= 0.6 is 0 Å². The zero-order chi connectivity index (χ0) is 9.57. The fraction of sp³-hybridized carbons (Fsp3) is 1.00. The quantitative estimate of drug-likeness (QED) is 0.573. The Morgan fingerprint density at radius 1 is 1.08 bits per heavy atom. The lowest BCUT2D eigenvalue weighted by molar-refractivity contribution is -0.341. The van der Waals surface area contributed by atoms with Crippen LogP contribution in [0.15, 0.2) is 0 Å². The van der Waals surface area contributed by atoms with Gasteiger partial charge >= 0.3 is 6.18 Å². The highest BCUT2D eigenvalue weighted by Crippen LogP contribution is 2.41. The first-order chi connectivity index (χ1) is 5.26. The van der Waals surface area contributed by atoms with E-state index < -0.39 is 24.2 Å². The lowest BCUT2D eigenvalue weighted by Crippen LogP contribution is -2.43. The maximum atomic E-state index is 12.2. The molecule has 0 amide bonds. The van der Waals surface area contributed by atoms with E-state index in [1.807, 2.05) is 0 Å². The summed E-state index contributed by atoms with van der Waals surface area (Å²) in [5, 5.41) is 0. The summed E-state index contributed by atoms with van der Waals surface area (Å²) in [6.45, 7) is 4.01. The van der Waals surface area contributed by atoms with Gasteiger partial charge in [0.15, 0.2) is 0 Å². The summed E-state index contributed by atoms with van der Waals surface area (Å²) in [7, 11) is 0. The first-order valence-electron chi connectivity index (χ1n) is 3.68. The zero-order valence-corrected chi connectivity index (χ0v) is 7.11.